The molecule has 33 heavy (non-hydrogen) atoms. The number of anilines is 1. The molecular formula is C25H22FN3O3S. The Balaban J connectivity index is 1.54. The second-order valence-electron chi connectivity index (χ2n) is 7.05. The van der Waals surface area contributed by atoms with Gasteiger partial charge in [0, 0.05) is 22.9 Å². The molecule has 1 amide bonds. The molecule has 0 aliphatic rings. The van der Waals surface area contributed by atoms with Crippen LogP contribution >= 0.6 is 11.8 Å². The van der Waals surface area contributed by atoms with E-state index in [2.05, 4.69) is 15.3 Å². The third-order valence-corrected chi connectivity index (χ3v) is 5.81. The van der Waals surface area contributed by atoms with Crippen LogP contribution in [0.2, 0.25) is 0 Å². The number of aromatic amines is 1. The number of imidazole rings is 1. The molecule has 0 saturated carbocycles. The molecule has 4 rings (SSSR count). The average Bonchev–Trinajstić information content (AvgIpc) is 3.27. The van der Waals surface area contributed by atoms with Crippen molar-refractivity contribution in [2.75, 3.05) is 25.3 Å². The molecule has 0 spiro atoms. The van der Waals surface area contributed by atoms with E-state index >= 15 is 0 Å². The first kappa shape index (κ1) is 22.4. The molecule has 0 aliphatic carbocycles. The fourth-order valence-electron chi connectivity index (χ4n) is 3.28. The minimum Gasteiger partial charge on any atom is -0.493 e. The molecule has 6 nitrogen and oxygen atoms in total. The number of carbonyl (C=O) groups excluding carboxylic acids is 1. The van der Waals surface area contributed by atoms with Gasteiger partial charge in [-0.2, -0.15) is 0 Å². The maximum absolute atomic E-state index is 13.7. The van der Waals surface area contributed by atoms with Crippen molar-refractivity contribution in [1.29, 1.82) is 0 Å². The highest BCUT2D eigenvalue weighted by molar-refractivity contribution is 8.00. The maximum Gasteiger partial charge on any atom is 0.234 e. The van der Waals surface area contributed by atoms with E-state index in [1.165, 1.54) is 31.0 Å². The first-order valence-corrected chi connectivity index (χ1v) is 11.1. The van der Waals surface area contributed by atoms with Gasteiger partial charge in [-0.25, -0.2) is 9.37 Å². The second-order valence-corrected chi connectivity index (χ2v) is 8.01. The van der Waals surface area contributed by atoms with E-state index in [0.29, 0.717) is 33.6 Å². The molecule has 0 aliphatic heterocycles. The topological polar surface area (TPSA) is 76.2 Å². The van der Waals surface area contributed by atoms with E-state index in [0.717, 1.165) is 11.3 Å². The van der Waals surface area contributed by atoms with Crippen LogP contribution in [0.4, 0.5) is 10.1 Å². The Morgan fingerprint density at radius 2 is 1.73 bits per heavy atom. The van der Waals surface area contributed by atoms with E-state index in [4.69, 9.17) is 9.47 Å². The Bertz CT molecular complexity index is 1260. The highest BCUT2D eigenvalue weighted by Gasteiger charge is 2.16. The number of ether oxygens (including phenoxy) is 2. The second kappa shape index (κ2) is 10.2. The molecule has 0 fully saturated rings. The zero-order valence-electron chi connectivity index (χ0n) is 18.1. The van der Waals surface area contributed by atoms with Gasteiger partial charge in [-0.15, -0.1) is 0 Å². The largest absolute Gasteiger partial charge is 0.493 e. The van der Waals surface area contributed by atoms with Crippen molar-refractivity contribution in [3.63, 3.8) is 0 Å². The van der Waals surface area contributed by atoms with Crippen LogP contribution in [0.1, 0.15) is 0 Å². The Labute approximate surface area is 195 Å². The van der Waals surface area contributed by atoms with Crippen LogP contribution in [0, 0.1) is 5.82 Å². The number of halogens is 1. The van der Waals surface area contributed by atoms with Crippen LogP contribution in [0.3, 0.4) is 0 Å². The first-order chi connectivity index (χ1) is 16.1. The zero-order valence-corrected chi connectivity index (χ0v) is 18.9. The zero-order chi connectivity index (χ0) is 23.2. The van der Waals surface area contributed by atoms with Gasteiger partial charge in [-0.1, -0.05) is 54.2 Å². The van der Waals surface area contributed by atoms with Crippen LogP contribution < -0.4 is 14.8 Å². The van der Waals surface area contributed by atoms with Crippen LogP contribution in [0.5, 0.6) is 11.5 Å². The number of nitrogens with one attached hydrogen (secondary N) is 2. The summed E-state index contributed by atoms with van der Waals surface area (Å²) in [4.78, 5) is 20.6. The van der Waals surface area contributed by atoms with Crippen molar-refractivity contribution < 1.29 is 18.7 Å². The van der Waals surface area contributed by atoms with E-state index in [9.17, 15) is 9.18 Å². The summed E-state index contributed by atoms with van der Waals surface area (Å²) in [6, 6.07) is 21.1. The van der Waals surface area contributed by atoms with Crippen LogP contribution in [0.15, 0.2) is 77.8 Å². The molecule has 1 aromatic heterocycles. The van der Waals surface area contributed by atoms with Gasteiger partial charge in [0.2, 0.25) is 5.91 Å². The van der Waals surface area contributed by atoms with Gasteiger partial charge < -0.3 is 19.8 Å². The first-order valence-electron chi connectivity index (χ1n) is 10.1. The Morgan fingerprint density at radius 1 is 0.970 bits per heavy atom. The lowest BCUT2D eigenvalue weighted by molar-refractivity contribution is -0.113. The van der Waals surface area contributed by atoms with Crippen LogP contribution in [-0.4, -0.2) is 35.8 Å². The number of benzene rings is 3. The summed E-state index contributed by atoms with van der Waals surface area (Å²) in [6.07, 6.45) is 0. The van der Waals surface area contributed by atoms with Gasteiger partial charge in [-0.3, -0.25) is 4.79 Å². The molecule has 4 aromatic rings. The third-order valence-electron chi connectivity index (χ3n) is 4.84. The van der Waals surface area contributed by atoms with Crippen molar-refractivity contribution in [3.8, 4) is 34.1 Å². The smallest absolute Gasteiger partial charge is 0.234 e. The minimum atomic E-state index is -0.339. The quantitative estimate of drug-likeness (QED) is 0.331. The molecule has 0 saturated heterocycles. The number of thioether (sulfide) groups is 1. The van der Waals surface area contributed by atoms with Crippen molar-refractivity contribution >= 4 is 23.4 Å². The van der Waals surface area contributed by atoms with E-state index in [1.807, 2.05) is 30.3 Å². The van der Waals surface area contributed by atoms with Gasteiger partial charge in [0.15, 0.2) is 11.5 Å². The maximum atomic E-state index is 13.7. The molecule has 0 unspecified atom stereocenters. The molecule has 0 radical (unpaired) electrons. The summed E-state index contributed by atoms with van der Waals surface area (Å²) in [5, 5.41) is 3.52. The molecule has 0 bridgehead atoms. The van der Waals surface area contributed by atoms with Crippen molar-refractivity contribution in [2.45, 2.75) is 5.03 Å². The fraction of sp³-hybridized carbons (Fsp3) is 0.120. The van der Waals surface area contributed by atoms with Crippen LogP contribution in [-0.2, 0) is 4.79 Å². The molecular weight excluding hydrogens is 441 g/mol. The number of amides is 1. The summed E-state index contributed by atoms with van der Waals surface area (Å²) in [5.74, 6) is 1.26. The Morgan fingerprint density at radius 3 is 2.45 bits per heavy atom. The standard InChI is InChI=1S/C25H22FN3O3S/c1-31-20-12-11-19(14-21(20)32-2)27-22(30)15-33-25-23(16-7-4-3-5-8-16)28-24(29-25)17-9-6-10-18(26)13-17/h3-14H,15H2,1-2H3,(H,27,30)(H,28,29). The molecule has 2 N–H and O–H groups in total. The summed E-state index contributed by atoms with van der Waals surface area (Å²) in [6.45, 7) is 0. The lowest BCUT2D eigenvalue weighted by atomic mass is 10.2. The van der Waals surface area contributed by atoms with Gasteiger partial charge >= 0.3 is 0 Å². The summed E-state index contributed by atoms with van der Waals surface area (Å²) < 4.78 is 24.2. The molecule has 8 heteroatoms. The summed E-state index contributed by atoms with van der Waals surface area (Å²) in [5.41, 5.74) is 2.94. The summed E-state index contributed by atoms with van der Waals surface area (Å²) in [7, 11) is 3.09. The van der Waals surface area contributed by atoms with Gasteiger partial charge in [-0.05, 0) is 24.3 Å². The predicted molar refractivity (Wildman–Crippen MR) is 128 cm³/mol. The molecule has 168 valence electrons. The van der Waals surface area contributed by atoms with Gasteiger partial charge in [0.25, 0.3) is 0 Å². The molecule has 0 atom stereocenters. The molecule has 3 aromatic carbocycles. The van der Waals surface area contributed by atoms with Gasteiger partial charge in [0.05, 0.1) is 25.7 Å². The normalized spacial score (nSPS) is 10.6. The van der Waals surface area contributed by atoms with E-state index < -0.39 is 0 Å². The highest BCUT2D eigenvalue weighted by atomic mass is 32.2. The number of nitrogens with zero attached hydrogens (tertiary/aromatic N) is 1. The van der Waals surface area contributed by atoms with Crippen molar-refractivity contribution in [2.24, 2.45) is 0 Å². The van der Waals surface area contributed by atoms with E-state index in [1.54, 1.807) is 37.4 Å². The highest BCUT2D eigenvalue weighted by Crippen LogP contribution is 2.33. The van der Waals surface area contributed by atoms with E-state index in [-0.39, 0.29) is 17.5 Å². The Hall–Kier alpha value is -3.78. The lowest BCUT2D eigenvalue weighted by Gasteiger charge is -2.10. The minimum absolute atomic E-state index is 0.140. The van der Waals surface area contributed by atoms with Crippen molar-refractivity contribution in [3.05, 3.63) is 78.6 Å². The average molecular weight is 464 g/mol. The monoisotopic (exact) mass is 463 g/mol. The number of carbonyl (C=O) groups is 1. The SMILES string of the molecule is COc1ccc(NC(=O)CSc2nc(-c3cccc(F)c3)[nH]c2-c2ccccc2)cc1OC. The van der Waals surface area contributed by atoms with Crippen molar-refractivity contribution in [1.82, 2.24) is 9.97 Å². The predicted octanol–water partition coefficient (Wildman–Crippen LogP) is 5.63. The number of H-pyrrole nitrogens is 1. The number of methoxy groups -OCH3 is 2. The number of aromatic nitrogens is 2. The third kappa shape index (κ3) is 5.35. The fourth-order valence-corrected chi connectivity index (χ4v) is 4.09. The number of rotatable bonds is 8. The lowest BCUT2D eigenvalue weighted by Crippen LogP contribution is -2.14. The number of hydrogen-bond donors (Lipinski definition) is 2. The molecule has 1 heterocycles. The van der Waals surface area contributed by atoms with Crippen LogP contribution in [0.25, 0.3) is 22.6 Å². The number of hydrogen-bond acceptors (Lipinski definition) is 5. The summed E-state index contributed by atoms with van der Waals surface area (Å²) >= 11 is 1.30. The Kier molecular flexibility index (Phi) is 6.95. The van der Waals surface area contributed by atoms with Gasteiger partial charge in [0.1, 0.15) is 16.7 Å².